The monoisotopic (exact) mass is 354 g/mol. The second kappa shape index (κ2) is 7.65. The number of hydrogen-bond acceptors (Lipinski definition) is 4. The van der Waals surface area contributed by atoms with Crippen LogP contribution in [-0.4, -0.2) is 34.7 Å². The van der Waals surface area contributed by atoms with Crippen LogP contribution in [0.1, 0.15) is 13.3 Å². The Labute approximate surface area is 136 Å². The van der Waals surface area contributed by atoms with E-state index in [-0.39, 0.29) is 34.3 Å². The van der Waals surface area contributed by atoms with Crippen LogP contribution >= 0.6 is 24.0 Å². The number of rotatable bonds is 4. The van der Waals surface area contributed by atoms with E-state index in [0.29, 0.717) is 5.75 Å². The maximum atomic E-state index is 12.5. The van der Waals surface area contributed by atoms with Crippen molar-refractivity contribution in [2.24, 2.45) is 5.92 Å². The number of piperidine rings is 1. The van der Waals surface area contributed by atoms with Gasteiger partial charge in [0, 0.05) is 12.1 Å². The van der Waals surface area contributed by atoms with Gasteiger partial charge in [-0.05, 0) is 37.6 Å². The molecule has 1 aliphatic heterocycles. The van der Waals surface area contributed by atoms with Crippen LogP contribution in [0.3, 0.4) is 0 Å². The molecular formula is C13H20Cl2N2O3S. The summed E-state index contributed by atoms with van der Waals surface area (Å²) in [4.78, 5) is 0.0595. The van der Waals surface area contributed by atoms with E-state index in [4.69, 9.17) is 16.3 Å². The second-order valence-corrected chi connectivity index (χ2v) is 7.08. The van der Waals surface area contributed by atoms with Crippen LogP contribution in [0.4, 0.5) is 0 Å². The Hall–Kier alpha value is -0.530. The summed E-state index contributed by atoms with van der Waals surface area (Å²) >= 11 is 6.00. The Kier molecular flexibility index (Phi) is 6.74. The number of methoxy groups -OCH3 is 1. The third-order valence-corrected chi connectivity index (χ3v) is 5.49. The summed E-state index contributed by atoms with van der Waals surface area (Å²) in [6.07, 6.45) is 0.766. The fraction of sp³-hybridized carbons (Fsp3) is 0.538. The lowest BCUT2D eigenvalue weighted by Gasteiger charge is -2.30. The van der Waals surface area contributed by atoms with Gasteiger partial charge >= 0.3 is 0 Å². The number of hydrogen-bond donors (Lipinski definition) is 2. The van der Waals surface area contributed by atoms with Crippen LogP contribution in [0.25, 0.3) is 0 Å². The van der Waals surface area contributed by atoms with Crippen molar-refractivity contribution in [3.8, 4) is 5.75 Å². The van der Waals surface area contributed by atoms with E-state index in [1.54, 1.807) is 6.07 Å². The van der Waals surface area contributed by atoms with Crippen molar-refractivity contribution in [1.29, 1.82) is 0 Å². The van der Waals surface area contributed by atoms with E-state index in [1.165, 1.54) is 19.2 Å². The van der Waals surface area contributed by atoms with Crippen LogP contribution in [0.15, 0.2) is 23.1 Å². The third-order valence-electron chi connectivity index (χ3n) is 3.52. The molecule has 1 fully saturated rings. The van der Waals surface area contributed by atoms with E-state index in [0.717, 1.165) is 19.5 Å². The molecular weight excluding hydrogens is 335 g/mol. The quantitative estimate of drug-likeness (QED) is 0.868. The molecule has 1 heterocycles. The molecule has 2 atom stereocenters. The summed E-state index contributed by atoms with van der Waals surface area (Å²) in [7, 11) is -2.16. The Balaban J connectivity index is 0.00000220. The molecule has 0 bridgehead atoms. The normalized spacial score (nSPS) is 22.4. The van der Waals surface area contributed by atoms with Gasteiger partial charge in [0.25, 0.3) is 0 Å². The average Bonchev–Trinajstić information content (AvgIpc) is 2.41. The van der Waals surface area contributed by atoms with Gasteiger partial charge in [-0.15, -0.1) is 12.4 Å². The molecule has 0 amide bonds. The molecule has 1 saturated heterocycles. The van der Waals surface area contributed by atoms with Gasteiger partial charge < -0.3 is 10.1 Å². The minimum atomic E-state index is -3.65. The molecule has 2 N–H and O–H groups in total. The van der Waals surface area contributed by atoms with Crippen molar-refractivity contribution in [3.05, 3.63) is 23.2 Å². The highest BCUT2D eigenvalue weighted by molar-refractivity contribution is 7.89. The lowest BCUT2D eigenvalue weighted by molar-refractivity contribution is 0.328. The Morgan fingerprint density at radius 3 is 2.76 bits per heavy atom. The summed E-state index contributed by atoms with van der Waals surface area (Å²) in [6.45, 7) is 3.63. The Morgan fingerprint density at radius 2 is 2.14 bits per heavy atom. The molecule has 1 aromatic rings. The van der Waals surface area contributed by atoms with Gasteiger partial charge in [-0.25, -0.2) is 13.1 Å². The third kappa shape index (κ3) is 4.47. The molecule has 0 aromatic heterocycles. The first kappa shape index (κ1) is 18.5. The highest BCUT2D eigenvalue weighted by Gasteiger charge is 2.28. The molecule has 1 aliphatic rings. The lowest BCUT2D eigenvalue weighted by atomic mass is 9.97. The molecule has 5 nitrogen and oxygen atoms in total. The van der Waals surface area contributed by atoms with Gasteiger partial charge in [0.15, 0.2) is 0 Å². The fourth-order valence-electron chi connectivity index (χ4n) is 2.27. The summed E-state index contributed by atoms with van der Waals surface area (Å²) in [5.41, 5.74) is 0. The number of halogens is 2. The van der Waals surface area contributed by atoms with Gasteiger partial charge in [0.05, 0.1) is 12.1 Å². The predicted molar refractivity (Wildman–Crippen MR) is 86.0 cm³/mol. The topological polar surface area (TPSA) is 67.4 Å². The van der Waals surface area contributed by atoms with Crippen LogP contribution in [0, 0.1) is 5.92 Å². The first-order valence-electron chi connectivity index (χ1n) is 6.50. The fourth-order valence-corrected chi connectivity index (χ4v) is 4.16. The van der Waals surface area contributed by atoms with Crippen molar-refractivity contribution in [1.82, 2.24) is 10.0 Å². The van der Waals surface area contributed by atoms with E-state index in [2.05, 4.69) is 10.0 Å². The average molecular weight is 355 g/mol. The smallest absolute Gasteiger partial charge is 0.242 e. The van der Waals surface area contributed by atoms with Crippen LogP contribution in [0.5, 0.6) is 5.75 Å². The Bertz CT molecular complexity index is 581. The molecule has 0 spiro atoms. The SMILES string of the molecule is COc1ccc(Cl)c(S(=O)(=O)NC2CCNCC2C)c1.Cl. The number of nitrogens with one attached hydrogen (secondary N) is 2. The predicted octanol–water partition coefficient (Wildman–Crippen LogP) is 2.05. The minimum Gasteiger partial charge on any atom is -0.497 e. The molecule has 0 saturated carbocycles. The zero-order valence-electron chi connectivity index (χ0n) is 11.9. The maximum Gasteiger partial charge on any atom is 0.242 e. The number of ether oxygens (including phenoxy) is 1. The van der Waals surface area contributed by atoms with Crippen molar-refractivity contribution < 1.29 is 13.2 Å². The first-order chi connectivity index (χ1) is 9.44. The summed E-state index contributed by atoms with van der Waals surface area (Å²) in [5, 5.41) is 3.43. The molecule has 8 heteroatoms. The van der Waals surface area contributed by atoms with Gasteiger partial charge in [-0.3, -0.25) is 0 Å². The lowest BCUT2D eigenvalue weighted by Crippen LogP contribution is -2.48. The van der Waals surface area contributed by atoms with Crippen molar-refractivity contribution in [2.75, 3.05) is 20.2 Å². The standard InChI is InChI=1S/C13H19ClN2O3S.ClH/c1-9-8-15-6-5-12(9)16-20(17,18)13-7-10(19-2)3-4-11(13)14;/h3-4,7,9,12,15-16H,5-6,8H2,1-2H3;1H. The second-order valence-electron chi connectivity index (χ2n) is 4.99. The van der Waals surface area contributed by atoms with Gasteiger partial charge in [-0.2, -0.15) is 0 Å². The van der Waals surface area contributed by atoms with E-state index < -0.39 is 10.0 Å². The molecule has 120 valence electrons. The summed E-state index contributed by atoms with van der Waals surface area (Å²) < 4.78 is 32.7. The molecule has 2 rings (SSSR count). The highest BCUT2D eigenvalue weighted by atomic mass is 35.5. The molecule has 1 aromatic carbocycles. The van der Waals surface area contributed by atoms with Crippen molar-refractivity contribution in [3.63, 3.8) is 0 Å². The molecule has 2 unspecified atom stereocenters. The molecule has 21 heavy (non-hydrogen) atoms. The number of sulfonamides is 1. The van der Waals surface area contributed by atoms with Crippen LogP contribution in [0.2, 0.25) is 5.02 Å². The minimum absolute atomic E-state index is 0. The van der Waals surface area contributed by atoms with Gasteiger partial charge in [0.2, 0.25) is 10.0 Å². The van der Waals surface area contributed by atoms with Crippen LogP contribution in [-0.2, 0) is 10.0 Å². The summed E-state index contributed by atoms with van der Waals surface area (Å²) in [5.74, 6) is 0.705. The highest BCUT2D eigenvalue weighted by Crippen LogP contribution is 2.27. The molecule has 0 radical (unpaired) electrons. The van der Waals surface area contributed by atoms with E-state index in [1.807, 2.05) is 6.92 Å². The van der Waals surface area contributed by atoms with Crippen molar-refractivity contribution in [2.45, 2.75) is 24.3 Å². The van der Waals surface area contributed by atoms with E-state index in [9.17, 15) is 8.42 Å². The van der Waals surface area contributed by atoms with Gasteiger partial charge in [-0.1, -0.05) is 18.5 Å². The Morgan fingerprint density at radius 1 is 1.43 bits per heavy atom. The van der Waals surface area contributed by atoms with E-state index >= 15 is 0 Å². The maximum absolute atomic E-state index is 12.5. The van der Waals surface area contributed by atoms with Crippen LogP contribution < -0.4 is 14.8 Å². The largest absolute Gasteiger partial charge is 0.497 e. The number of benzene rings is 1. The van der Waals surface area contributed by atoms with Crippen molar-refractivity contribution >= 4 is 34.0 Å². The zero-order valence-corrected chi connectivity index (χ0v) is 14.3. The van der Waals surface area contributed by atoms with Gasteiger partial charge in [0.1, 0.15) is 10.6 Å². The first-order valence-corrected chi connectivity index (χ1v) is 8.37. The molecule has 0 aliphatic carbocycles. The summed E-state index contributed by atoms with van der Waals surface area (Å²) in [6, 6.07) is 4.52. The zero-order chi connectivity index (χ0) is 14.8.